The molecule has 0 saturated carbocycles. The fourth-order valence-corrected chi connectivity index (χ4v) is 2.99. The van der Waals surface area contributed by atoms with Gasteiger partial charge in [0.15, 0.2) is 0 Å². The van der Waals surface area contributed by atoms with Crippen molar-refractivity contribution in [1.82, 2.24) is 4.90 Å². The Morgan fingerprint density at radius 2 is 1.83 bits per heavy atom. The summed E-state index contributed by atoms with van der Waals surface area (Å²) in [5, 5.41) is 10.8. The van der Waals surface area contributed by atoms with Crippen molar-refractivity contribution in [1.29, 1.82) is 0 Å². The average Bonchev–Trinajstić information content (AvgIpc) is 2.32. The molecule has 2 rings (SSSR count). The van der Waals surface area contributed by atoms with E-state index in [9.17, 15) is 5.11 Å². The molecule has 100 valence electrons. The maximum Gasteiger partial charge on any atom is 0.0923 e. The van der Waals surface area contributed by atoms with Crippen molar-refractivity contribution in [3.8, 4) is 0 Å². The van der Waals surface area contributed by atoms with Crippen molar-refractivity contribution in [2.75, 3.05) is 19.6 Å². The van der Waals surface area contributed by atoms with Crippen molar-refractivity contribution < 1.29 is 5.11 Å². The molecule has 0 radical (unpaired) electrons. The van der Waals surface area contributed by atoms with Crippen molar-refractivity contribution >= 4 is 0 Å². The fraction of sp³-hybridized carbons (Fsp3) is 0.625. The van der Waals surface area contributed by atoms with Crippen LogP contribution in [0.2, 0.25) is 0 Å². The molecule has 18 heavy (non-hydrogen) atoms. The zero-order chi connectivity index (χ0) is 13.2. The molecule has 0 unspecified atom stereocenters. The largest absolute Gasteiger partial charge is 0.385 e. The lowest BCUT2D eigenvalue weighted by molar-refractivity contribution is -0.0284. The molecule has 2 heteroatoms. The summed E-state index contributed by atoms with van der Waals surface area (Å²) in [7, 11) is 0. The zero-order valence-corrected chi connectivity index (χ0v) is 11.8. The van der Waals surface area contributed by atoms with Gasteiger partial charge in [-0.05, 0) is 36.8 Å². The van der Waals surface area contributed by atoms with E-state index in [1.165, 1.54) is 5.56 Å². The summed E-state index contributed by atoms with van der Waals surface area (Å²) >= 11 is 0. The molecule has 0 bridgehead atoms. The third-order valence-corrected chi connectivity index (χ3v) is 3.95. The second-order valence-corrected chi connectivity index (χ2v) is 6.04. The number of nitrogens with zero attached hydrogens (tertiary/aromatic N) is 1. The molecule has 1 aromatic rings. The van der Waals surface area contributed by atoms with Gasteiger partial charge in [0, 0.05) is 19.6 Å². The van der Waals surface area contributed by atoms with Crippen LogP contribution in [0.5, 0.6) is 0 Å². The Morgan fingerprint density at radius 3 is 2.39 bits per heavy atom. The van der Waals surface area contributed by atoms with Crippen molar-refractivity contribution in [3.05, 3.63) is 35.4 Å². The van der Waals surface area contributed by atoms with Crippen LogP contribution >= 0.6 is 0 Å². The summed E-state index contributed by atoms with van der Waals surface area (Å²) in [4.78, 5) is 2.47. The SMILES string of the molecule is Cc1ccccc1C1(O)CCN(CC(C)C)CC1. The highest BCUT2D eigenvalue weighted by Crippen LogP contribution is 2.34. The molecule has 0 aliphatic carbocycles. The molecule has 1 saturated heterocycles. The van der Waals surface area contributed by atoms with E-state index in [2.05, 4.69) is 37.8 Å². The van der Waals surface area contributed by atoms with E-state index in [0.717, 1.165) is 38.0 Å². The summed E-state index contributed by atoms with van der Waals surface area (Å²) < 4.78 is 0. The van der Waals surface area contributed by atoms with Crippen molar-refractivity contribution in [2.45, 2.75) is 39.2 Å². The Kier molecular flexibility index (Phi) is 4.08. The molecule has 0 aromatic heterocycles. The number of piperidine rings is 1. The van der Waals surface area contributed by atoms with Gasteiger partial charge in [0.25, 0.3) is 0 Å². The predicted molar refractivity (Wildman–Crippen MR) is 75.6 cm³/mol. The summed E-state index contributed by atoms with van der Waals surface area (Å²) in [6.45, 7) is 9.74. The minimum atomic E-state index is -0.612. The summed E-state index contributed by atoms with van der Waals surface area (Å²) in [5.74, 6) is 0.703. The summed E-state index contributed by atoms with van der Waals surface area (Å²) in [6.07, 6.45) is 1.70. The van der Waals surface area contributed by atoms with Gasteiger partial charge in [0.2, 0.25) is 0 Å². The fourth-order valence-electron chi connectivity index (χ4n) is 2.99. The predicted octanol–water partition coefficient (Wildman–Crippen LogP) is 2.93. The highest BCUT2D eigenvalue weighted by Gasteiger charge is 2.34. The molecular weight excluding hydrogens is 222 g/mol. The Bertz CT molecular complexity index is 392. The third-order valence-electron chi connectivity index (χ3n) is 3.95. The Labute approximate surface area is 111 Å². The van der Waals surface area contributed by atoms with E-state index >= 15 is 0 Å². The number of hydrogen-bond donors (Lipinski definition) is 1. The lowest BCUT2D eigenvalue weighted by Gasteiger charge is -2.39. The van der Waals surface area contributed by atoms with Crippen LogP contribution in [0.25, 0.3) is 0 Å². The van der Waals surface area contributed by atoms with Gasteiger partial charge in [0.1, 0.15) is 0 Å². The number of aryl methyl sites for hydroxylation is 1. The van der Waals surface area contributed by atoms with Gasteiger partial charge in [-0.25, -0.2) is 0 Å². The second-order valence-electron chi connectivity index (χ2n) is 6.04. The highest BCUT2D eigenvalue weighted by atomic mass is 16.3. The molecule has 1 fully saturated rings. The number of rotatable bonds is 3. The molecule has 2 nitrogen and oxygen atoms in total. The first kappa shape index (κ1) is 13.6. The molecule has 1 aliphatic heterocycles. The Hall–Kier alpha value is -0.860. The van der Waals surface area contributed by atoms with Gasteiger partial charge in [-0.3, -0.25) is 0 Å². The van der Waals surface area contributed by atoms with E-state index in [4.69, 9.17) is 0 Å². The maximum atomic E-state index is 10.8. The van der Waals surface area contributed by atoms with Crippen LogP contribution in [0.1, 0.15) is 37.8 Å². The quantitative estimate of drug-likeness (QED) is 0.887. The smallest absolute Gasteiger partial charge is 0.0923 e. The number of likely N-dealkylation sites (tertiary alicyclic amines) is 1. The van der Waals surface area contributed by atoms with Gasteiger partial charge in [-0.1, -0.05) is 38.1 Å². The first-order valence-electron chi connectivity index (χ1n) is 7.02. The maximum absolute atomic E-state index is 10.8. The topological polar surface area (TPSA) is 23.5 Å². The summed E-state index contributed by atoms with van der Waals surface area (Å²) in [5.41, 5.74) is 1.71. The molecule has 1 heterocycles. The first-order chi connectivity index (χ1) is 8.51. The van der Waals surface area contributed by atoms with Crippen molar-refractivity contribution in [3.63, 3.8) is 0 Å². The molecule has 0 atom stereocenters. The lowest BCUT2D eigenvalue weighted by Crippen LogP contribution is -2.44. The standard InChI is InChI=1S/C16H25NO/c1-13(2)12-17-10-8-16(18,9-11-17)15-7-5-4-6-14(15)3/h4-7,13,18H,8-12H2,1-3H3. The molecular formula is C16H25NO. The van der Waals surface area contributed by atoms with Crippen LogP contribution in [0, 0.1) is 12.8 Å². The lowest BCUT2D eigenvalue weighted by atomic mass is 9.82. The monoisotopic (exact) mass is 247 g/mol. The van der Waals surface area contributed by atoms with E-state index < -0.39 is 5.60 Å². The minimum absolute atomic E-state index is 0.612. The van der Waals surface area contributed by atoms with Crippen LogP contribution in [-0.2, 0) is 5.60 Å². The molecule has 0 amide bonds. The highest BCUT2D eigenvalue weighted by molar-refractivity contribution is 5.31. The number of benzene rings is 1. The summed E-state index contributed by atoms with van der Waals surface area (Å²) in [6, 6.07) is 8.23. The van der Waals surface area contributed by atoms with Crippen LogP contribution in [0.15, 0.2) is 24.3 Å². The van der Waals surface area contributed by atoms with Crippen LogP contribution in [0.3, 0.4) is 0 Å². The second kappa shape index (κ2) is 5.41. The molecule has 0 spiro atoms. The van der Waals surface area contributed by atoms with E-state index in [0.29, 0.717) is 5.92 Å². The normalized spacial score (nSPS) is 20.3. The zero-order valence-electron chi connectivity index (χ0n) is 11.8. The van der Waals surface area contributed by atoms with Gasteiger partial charge in [0.05, 0.1) is 5.60 Å². The number of hydrogen-bond acceptors (Lipinski definition) is 2. The number of aliphatic hydroxyl groups is 1. The minimum Gasteiger partial charge on any atom is -0.385 e. The van der Waals surface area contributed by atoms with Crippen LogP contribution < -0.4 is 0 Å². The first-order valence-corrected chi connectivity index (χ1v) is 7.02. The van der Waals surface area contributed by atoms with E-state index in [1.807, 2.05) is 12.1 Å². The van der Waals surface area contributed by atoms with Crippen LogP contribution in [0.4, 0.5) is 0 Å². The molecule has 1 aliphatic rings. The van der Waals surface area contributed by atoms with Gasteiger partial charge >= 0.3 is 0 Å². The molecule has 1 aromatic carbocycles. The Morgan fingerprint density at radius 1 is 1.22 bits per heavy atom. The van der Waals surface area contributed by atoms with Crippen molar-refractivity contribution in [2.24, 2.45) is 5.92 Å². The molecule has 1 N–H and O–H groups in total. The van der Waals surface area contributed by atoms with Gasteiger partial charge < -0.3 is 10.0 Å². The van der Waals surface area contributed by atoms with Gasteiger partial charge in [-0.2, -0.15) is 0 Å². The third kappa shape index (κ3) is 2.93. The van der Waals surface area contributed by atoms with E-state index in [1.54, 1.807) is 0 Å². The Balaban J connectivity index is 2.05. The van der Waals surface area contributed by atoms with Gasteiger partial charge in [-0.15, -0.1) is 0 Å². The average molecular weight is 247 g/mol. The van der Waals surface area contributed by atoms with Crippen LogP contribution in [-0.4, -0.2) is 29.6 Å². The van der Waals surface area contributed by atoms with E-state index in [-0.39, 0.29) is 0 Å².